The number of hydrogen-bond acceptors (Lipinski definition) is 2. The fraction of sp³-hybridized carbons (Fsp3) is 1.00. The lowest BCUT2D eigenvalue weighted by Gasteiger charge is -2.17. The van der Waals surface area contributed by atoms with Crippen LogP contribution in [0.3, 0.4) is 0 Å². The largest absolute Gasteiger partial charge is 0.316 e. The van der Waals surface area contributed by atoms with Crippen LogP contribution < -0.4 is 10.6 Å². The zero-order chi connectivity index (χ0) is 8.69. The molecule has 0 saturated carbocycles. The van der Waals surface area contributed by atoms with Crippen molar-refractivity contribution in [2.24, 2.45) is 0 Å². The lowest BCUT2D eigenvalue weighted by molar-refractivity contribution is 0.449. The molecule has 0 aliphatic rings. The summed E-state index contributed by atoms with van der Waals surface area (Å²) >= 11 is 0. The SMILES string of the molecule is CCC(C)NCC(CC)NC. The predicted molar refractivity (Wildman–Crippen MR) is 50.9 cm³/mol. The molecule has 11 heavy (non-hydrogen) atoms. The van der Waals surface area contributed by atoms with Gasteiger partial charge >= 0.3 is 0 Å². The molecule has 0 rings (SSSR count). The van der Waals surface area contributed by atoms with Gasteiger partial charge in [-0.05, 0) is 26.8 Å². The first kappa shape index (κ1) is 10.9. The van der Waals surface area contributed by atoms with Crippen molar-refractivity contribution in [2.75, 3.05) is 13.6 Å². The summed E-state index contributed by atoms with van der Waals surface area (Å²) in [6, 6.07) is 1.28. The lowest BCUT2D eigenvalue weighted by atomic mass is 10.2. The van der Waals surface area contributed by atoms with Gasteiger partial charge < -0.3 is 10.6 Å². The summed E-state index contributed by atoms with van der Waals surface area (Å²) in [6.45, 7) is 7.72. The van der Waals surface area contributed by atoms with Crippen LogP contribution >= 0.6 is 0 Å². The Bertz CT molecular complexity index is 79.6. The van der Waals surface area contributed by atoms with Crippen LogP contribution in [0.4, 0.5) is 0 Å². The van der Waals surface area contributed by atoms with Gasteiger partial charge in [0.15, 0.2) is 0 Å². The molecule has 0 aromatic rings. The van der Waals surface area contributed by atoms with E-state index in [-0.39, 0.29) is 0 Å². The van der Waals surface area contributed by atoms with E-state index < -0.39 is 0 Å². The summed E-state index contributed by atoms with van der Waals surface area (Å²) < 4.78 is 0. The van der Waals surface area contributed by atoms with E-state index in [9.17, 15) is 0 Å². The minimum atomic E-state index is 0.629. The highest BCUT2D eigenvalue weighted by atomic mass is 15.0. The van der Waals surface area contributed by atoms with Gasteiger partial charge in [-0.25, -0.2) is 0 Å². The first-order valence-electron chi connectivity index (χ1n) is 4.65. The molecule has 0 fully saturated rings. The summed E-state index contributed by atoms with van der Waals surface area (Å²) in [5.41, 5.74) is 0. The molecule has 0 saturated heterocycles. The van der Waals surface area contributed by atoms with E-state index in [1.807, 2.05) is 7.05 Å². The van der Waals surface area contributed by atoms with Crippen LogP contribution in [0, 0.1) is 0 Å². The van der Waals surface area contributed by atoms with Gasteiger partial charge in [0.2, 0.25) is 0 Å². The van der Waals surface area contributed by atoms with Crippen molar-refractivity contribution in [3.05, 3.63) is 0 Å². The highest BCUT2D eigenvalue weighted by Gasteiger charge is 2.03. The molecule has 2 heteroatoms. The maximum Gasteiger partial charge on any atom is 0.0186 e. The molecule has 0 aliphatic carbocycles. The van der Waals surface area contributed by atoms with Crippen molar-refractivity contribution < 1.29 is 0 Å². The highest BCUT2D eigenvalue weighted by molar-refractivity contribution is 4.67. The average molecular weight is 158 g/mol. The van der Waals surface area contributed by atoms with Gasteiger partial charge in [0.05, 0.1) is 0 Å². The van der Waals surface area contributed by atoms with Crippen molar-refractivity contribution in [3.8, 4) is 0 Å². The summed E-state index contributed by atoms with van der Waals surface area (Å²) in [7, 11) is 2.02. The van der Waals surface area contributed by atoms with Crippen molar-refractivity contribution >= 4 is 0 Å². The molecule has 0 amide bonds. The van der Waals surface area contributed by atoms with Crippen LogP contribution in [-0.2, 0) is 0 Å². The first-order valence-corrected chi connectivity index (χ1v) is 4.65. The smallest absolute Gasteiger partial charge is 0.0186 e. The molecule has 0 heterocycles. The number of likely N-dealkylation sites (N-methyl/N-ethyl adjacent to an activating group) is 1. The van der Waals surface area contributed by atoms with E-state index in [0.29, 0.717) is 12.1 Å². The number of rotatable bonds is 6. The summed E-state index contributed by atoms with van der Waals surface area (Å²) in [5, 5.41) is 6.74. The second-order valence-corrected chi connectivity index (χ2v) is 3.11. The molecule has 0 spiro atoms. The molecule has 2 unspecified atom stereocenters. The summed E-state index contributed by atoms with van der Waals surface area (Å²) in [6.07, 6.45) is 2.40. The van der Waals surface area contributed by atoms with Crippen LogP contribution in [-0.4, -0.2) is 25.7 Å². The predicted octanol–water partition coefficient (Wildman–Crippen LogP) is 1.37. The Morgan fingerprint density at radius 1 is 1.18 bits per heavy atom. The van der Waals surface area contributed by atoms with Gasteiger partial charge in [-0.1, -0.05) is 13.8 Å². The Labute approximate surface area is 70.8 Å². The van der Waals surface area contributed by atoms with Crippen LogP contribution in [0.15, 0.2) is 0 Å². The molecular formula is C9H22N2. The van der Waals surface area contributed by atoms with Gasteiger partial charge in [-0.2, -0.15) is 0 Å². The Balaban J connectivity index is 3.34. The third-order valence-electron chi connectivity index (χ3n) is 2.23. The molecule has 2 atom stereocenters. The molecule has 0 aliphatic heterocycles. The lowest BCUT2D eigenvalue weighted by Crippen LogP contribution is -2.39. The van der Waals surface area contributed by atoms with Gasteiger partial charge in [0, 0.05) is 18.6 Å². The number of hydrogen-bond donors (Lipinski definition) is 2. The second-order valence-electron chi connectivity index (χ2n) is 3.11. The molecule has 2 N–H and O–H groups in total. The molecule has 0 aromatic carbocycles. The van der Waals surface area contributed by atoms with Gasteiger partial charge in [0.1, 0.15) is 0 Å². The van der Waals surface area contributed by atoms with E-state index in [1.165, 1.54) is 12.8 Å². The Hall–Kier alpha value is -0.0800. The summed E-state index contributed by atoms with van der Waals surface area (Å²) in [5.74, 6) is 0. The normalized spacial score (nSPS) is 16.4. The Morgan fingerprint density at radius 2 is 1.82 bits per heavy atom. The average Bonchev–Trinajstić information content (AvgIpc) is 2.06. The maximum absolute atomic E-state index is 3.47. The first-order chi connectivity index (χ1) is 5.24. The topological polar surface area (TPSA) is 24.1 Å². The highest BCUT2D eigenvalue weighted by Crippen LogP contribution is 1.91. The van der Waals surface area contributed by atoms with E-state index >= 15 is 0 Å². The minimum Gasteiger partial charge on any atom is -0.316 e. The van der Waals surface area contributed by atoms with Crippen molar-refractivity contribution in [1.29, 1.82) is 0 Å². The van der Waals surface area contributed by atoms with Crippen molar-refractivity contribution in [2.45, 2.75) is 45.7 Å². The van der Waals surface area contributed by atoms with Gasteiger partial charge in [0.25, 0.3) is 0 Å². The van der Waals surface area contributed by atoms with Gasteiger partial charge in [-0.3, -0.25) is 0 Å². The van der Waals surface area contributed by atoms with E-state index in [1.54, 1.807) is 0 Å². The van der Waals surface area contributed by atoms with E-state index in [2.05, 4.69) is 31.4 Å². The second kappa shape index (κ2) is 6.62. The summed E-state index contributed by atoms with van der Waals surface area (Å²) in [4.78, 5) is 0. The maximum atomic E-state index is 3.47. The number of nitrogens with one attached hydrogen (secondary N) is 2. The van der Waals surface area contributed by atoms with E-state index in [4.69, 9.17) is 0 Å². The molecule has 2 nitrogen and oxygen atoms in total. The molecular weight excluding hydrogens is 136 g/mol. The van der Waals surface area contributed by atoms with Crippen molar-refractivity contribution in [1.82, 2.24) is 10.6 Å². The van der Waals surface area contributed by atoms with Crippen LogP contribution in [0.2, 0.25) is 0 Å². The Morgan fingerprint density at radius 3 is 2.18 bits per heavy atom. The third-order valence-corrected chi connectivity index (χ3v) is 2.23. The fourth-order valence-corrected chi connectivity index (χ4v) is 0.938. The molecule has 0 aromatic heterocycles. The molecule has 68 valence electrons. The monoisotopic (exact) mass is 158 g/mol. The van der Waals surface area contributed by atoms with Crippen LogP contribution in [0.1, 0.15) is 33.6 Å². The quantitative estimate of drug-likeness (QED) is 0.610. The molecule has 0 bridgehead atoms. The van der Waals surface area contributed by atoms with E-state index in [0.717, 1.165) is 6.54 Å². The Kier molecular flexibility index (Phi) is 6.57. The zero-order valence-electron chi connectivity index (χ0n) is 8.28. The van der Waals surface area contributed by atoms with Crippen LogP contribution in [0.5, 0.6) is 0 Å². The molecule has 0 radical (unpaired) electrons. The fourth-order valence-electron chi connectivity index (χ4n) is 0.938. The third kappa shape index (κ3) is 5.22. The van der Waals surface area contributed by atoms with Crippen LogP contribution in [0.25, 0.3) is 0 Å². The minimum absolute atomic E-state index is 0.629. The standard InChI is InChI=1S/C9H22N2/c1-5-8(3)11-7-9(6-2)10-4/h8-11H,5-7H2,1-4H3. The van der Waals surface area contributed by atoms with Gasteiger partial charge in [-0.15, -0.1) is 0 Å². The van der Waals surface area contributed by atoms with Crippen molar-refractivity contribution in [3.63, 3.8) is 0 Å². The zero-order valence-corrected chi connectivity index (χ0v) is 8.28.